The van der Waals surface area contributed by atoms with E-state index in [9.17, 15) is 4.79 Å². The van der Waals surface area contributed by atoms with Gasteiger partial charge in [-0.25, -0.2) is 9.97 Å². The highest BCUT2D eigenvalue weighted by Crippen LogP contribution is 2.23. The van der Waals surface area contributed by atoms with Crippen LogP contribution in [0.2, 0.25) is 0 Å². The lowest BCUT2D eigenvalue weighted by atomic mass is 10.2. The second kappa shape index (κ2) is 5.75. The first-order valence-electron chi connectivity index (χ1n) is 6.82. The fourth-order valence-electron chi connectivity index (χ4n) is 2.34. The van der Waals surface area contributed by atoms with Gasteiger partial charge in [0.05, 0.1) is 18.5 Å². The van der Waals surface area contributed by atoms with Gasteiger partial charge in [-0.3, -0.25) is 9.36 Å². The molecular formula is C16H15N3O2. The summed E-state index contributed by atoms with van der Waals surface area (Å²) in [5.41, 5.74) is 1.80. The van der Waals surface area contributed by atoms with Gasteiger partial charge in [-0.15, -0.1) is 0 Å². The molecule has 106 valence electrons. The van der Waals surface area contributed by atoms with E-state index < -0.39 is 0 Å². The van der Waals surface area contributed by atoms with Crippen LogP contribution >= 0.6 is 0 Å². The lowest BCUT2D eigenvalue weighted by Crippen LogP contribution is -2.12. The summed E-state index contributed by atoms with van der Waals surface area (Å²) in [7, 11) is 0. The second-order valence-corrected chi connectivity index (χ2v) is 4.56. The smallest absolute Gasteiger partial charge is 0.311 e. The summed E-state index contributed by atoms with van der Waals surface area (Å²) in [6, 6.07) is 11.6. The zero-order valence-corrected chi connectivity index (χ0v) is 11.7. The average molecular weight is 281 g/mol. The maximum absolute atomic E-state index is 11.8. The number of ether oxygens (including phenoxy) is 1. The molecule has 0 fully saturated rings. The molecule has 0 N–H and O–H groups in total. The molecule has 0 aliphatic rings. The summed E-state index contributed by atoms with van der Waals surface area (Å²) in [6.45, 7) is 2.18. The van der Waals surface area contributed by atoms with Crippen molar-refractivity contribution in [1.29, 1.82) is 0 Å². The SMILES string of the molecule is CCOC(=O)Cc1cc2ccccc2n1-c1ncccn1. The van der Waals surface area contributed by atoms with Crippen molar-refractivity contribution < 1.29 is 9.53 Å². The Balaban J connectivity index is 2.13. The Morgan fingerprint density at radius 2 is 1.95 bits per heavy atom. The van der Waals surface area contributed by atoms with Gasteiger partial charge in [0.15, 0.2) is 0 Å². The average Bonchev–Trinajstić information content (AvgIpc) is 2.86. The molecule has 5 nitrogen and oxygen atoms in total. The summed E-state index contributed by atoms with van der Waals surface area (Å²) < 4.78 is 6.93. The van der Waals surface area contributed by atoms with Crippen LogP contribution in [-0.4, -0.2) is 27.1 Å². The van der Waals surface area contributed by atoms with Gasteiger partial charge in [-0.05, 0) is 25.1 Å². The number of hydrogen-bond donors (Lipinski definition) is 0. The maximum atomic E-state index is 11.8. The molecule has 0 aliphatic carbocycles. The van der Waals surface area contributed by atoms with E-state index in [1.807, 2.05) is 34.9 Å². The van der Waals surface area contributed by atoms with E-state index in [4.69, 9.17) is 4.74 Å². The molecule has 0 unspecified atom stereocenters. The van der Waals surface area contributed by atoms with Crippen LogP contribution < -0.4 is 0 Å². The van der Waals surface area contributed by atoms with Crippen molar-refractivity contribution in [3.63, 3.8) is 0 Å². The molecule has 21 heavy (non-hydrogen) atoms. The quantitative estimate of drug-likeness (QED) is 0.689. The molecule has 0 amide bonds. The van der Waals surface area contributed by atoms with E-state index in [-0.39, 0.29) is 12.4 Å². The van der Waals surface area contributed by atoms with Crippen molar-refractivity contribution in [2.24, 2.45) is 0 Å². The Labute approximate surface area is 122 Å². The monoisotopic (exact) mass is 281 g/mol. The first-order chi connectivity index (χ1) is 10.3. The molecule has 0 radical (unpaired) electrons. The zero-order valence-electron chi connectivity index (χ0n) is 11.7. The second-order valence-electron chi connectivity index (χ2n) is 4.56. The van der Waals surface area contributed by atoms with Crippen LogP contribution in [0, 0.1) is 0 Å². The fourth-order valence-corrected chi connectivity index (χ4v) is 2.34. The van der Waals surface area contributed by atoms with Crippen LogP contribution in [0.1, 0.15) is 12.6 Å². The fraction of sp³-hybridized carbons (Fsp3) is 0.188. The van der Waals surface area contributed by atoms with Crippen molar-refractivity contribution in [3.05, 3.63) is 54.5 Å². The molecule has 0 bridgehead atoms. The van der Waals surface area contributed by atoms with Crippen molar-refractivity contribution >= 4 is 16.9 Å². The highest BCUT2D eigenvalue weighted by molar-refractivity contribution is 5.84. The van der Waals surface area contributed by atoms with E-state index in [2.05, 4.69) is 9.97 Å². The van der Waals surface area contributed by atoms with Gasteiger partial charge in [-0.1, -0.05) is 18.2 Å². The number of benzene rings is 1. The Morgan fingerprint density at radius 3 is 2.71 bits per heavy atom. The Kier molecular flexibility index (Phi) is 3.64. The van der Waals surface area contributed by atoms with Crippen molar-refractivity contribution in [2.75, 3.05) is 6.61 Å². The van der Waals surface area contributed by atoms with Gasteiger partial charge in [0, 0.05) is 23.5 Å². The Hall–Kier alpha value is -2.69. The summed E-state index contributed by atoms with van der Waals surface area (Å²) in [4.78, 5) is 20.4. The molecule has 0 saturated carbocycles. The maximum Gasteiger partial charge on any atom is 0.311 e. The standard InChI is InChI=1S/C16H15N3O2/c1-2-21-15(20)11-13-10-12-6-3-4-7-14(12)19(13)16-17-8-5-9-18-16/h3-10H,2,11H2,1H3. The predicted octanol–water partition coefficient (Wildman–Crippen LogP) is 2.53. The molecule has 2 heterocycles. The summed E-state index contributed by atoms with van der Waals surface area (Å²) in [5.74, 6) is 0.301. The van der Waals surface area contributed by atoms with Crippen LogP contribution in [0.3, 0.4) is 0 Å². The van der Waals surface area contributed by atoms with E-state index in [1.165, 1.54) is 0 Å². The Morgan fingerprint density at radius 1 is 1.19 bits per heavy atom. The third kappa shape index (κ3) is 2.63. The van der Waals surface area contributed by atoms with Gasteiger partial charge in [0.25, 0.3) is 0 Å². The molecule has 0 spiro atoms. The number of nitrogens with zero attached hydrogens (tertiary/aromatic N) is 3. The summed E-state index contributed by atoms with van der Waals surface area (Å²) >= 11 is 0. The minimum atomic E-state index is -0.252. The largest absolute Gasteiger partial charge is 0.466 e. The zero-order chi connectivity index (χ0) is 14.7. The molecule has 2 aromatic heterocycles. The van der Waals surface area contributed by atoms with Crippen LogP contribution in [0.25, 0.3) is 16.9 Å². The Bertz CT molecular complexity index is 766. The van der Waals surface area contributed by atoms with Crippen molar-refractivity contribution in [1.82, 2.24) is 14.5 Å². The molecule has 0 aliphatic heterocycles. The van der Waals surface area contributed by atoms with Gasteiger partial charge in [0.1, 0.15) is 0 Å². The van der Waals surface area contributed by atoms with Crippen LogP contribution in [0.15, 0.2) is 48.8 Å². The number of hydrogen-bond acceptors (Lipinski definition) is 4. The molecule has 0 atom stereocenters. The number of rotatable bonds is 4. The van der Waals surface area contributed by atoms with Crippen LogP contribution in [0.4, 0.5) is 0 Å². The topological polar surface area (TPSA) is 57.0 Å². The molecule has 3 aromatic rings. The number of esters is 1. The van der Waals surface area contributed by atoms with Gasteiger partial charge >= 0.3 is 5.97 Å². The molecule has 0 saturated heterocycles. The molecule has 1 aromatic carbocycles. The third-order valence-corrected chi connectivity index (χ3v) is 3.17. The van der Waals surface area contributed by atoms with E-state index in [0.717, 1.165) is 16.6 Å². The van der Waals surface area contributed by atoms with E-state index >= 15 is 0 Å². The first-order valence-corrected chi connectivity index (χ1v) is 6.82. The minimum Gasteiger partial charge on any atom is -0.466 e. The summed E-state index contributed by atoms with van der Waals surface area (Å²) in [6.07, 6.45) is 3.57. The third-order valence-electron chi connectivity index (χ3n) is 3.17. The number of carbonyl (C=O) groups is 1. The van der Waals surface area contributed by atoms with E-state index in [1.54, 1.807) is 25.4 Å². The van der Waals surface area contributed by atoms with Crippen molar-refractivity contribution in [2.45, 2.75) is 13.3 Å². The number of para-hydroxylation sites is 1. The molecule has 5 heteroatoms. The van der Waals surface area contributed by atoms with Gasteiger partial charge in [0.2, 0.25) is 5.95 Å². The predicted molar refractivity (Wildman–Crippen MR) is 79.2 cm³/mol. The van der Waals surface area contributed by atoms with Crippen LogP contribution in [0.5, 0.6) is 0 Å². The lowest BCUT2D eigenvalue weighted by Gasteiger charge is -2.08. The first kappa shape index (κ1) is 13.3. The normalized spacial score (nSPS) is 10.7. The lowest BCUT2D eigenvalue weighted by molar-refractivity contribution is -0.142. The van der Waals surface area contributed by atoms with Crippen LogP contribution in [-0.2, 0) is 16.0 Å². The highest BCUT2D eigenvalue weighted by Gasteiger charge is 2.15. The van der Waals surface area contributed by atoms with Gasteiger partial charge < -0.3 is 4.74 Å². The number of fused-ring (bicyclic) bond motifs is 1. The number of aromatic nitrogens is 3. The molecule has 3 rings (SSSR count). The minimum absolute atomic E-state index is 0.195. The van der Waals surface area contributed by atoms with Gasteiger partial charge in [-0.2, -0.15) is 0 Å². The molecular weight excluding hydrogens is 266 g/mol. The highest BCUT2D eigenvalue weighted by atomic mass is 16.5. The van der Waals surface area contributed by atoms with Crippen molar-refractivity contribution in [3.8, 4) is 5.95 Å². The summed E-state index contributed by atoms with van der Waals surface area (Å²) in [5, 5.41) is 1.05. The van der Waals surface area contributed by atoms with E-state index in [0.29, 0.717) is 12.6 Å². The number of carbonyl (C=O) groups excluding carboxylic acids is 1.